The van der Waals surface area contributed by atoms with Gasteiger partial charge in [0.25, 0.3) is 0 Å². The molecule has 1 amide bonds. The van der Waals surface area contributed by atoms with E-state index in [1.54, 1.807) is 12.1 Å². The van der Waals surface area contributed by atoms with E-state index >= 15 is 0 Å². The van der Waals surface area contributed by atoms with Crippen LogP contribution in [0.25, 0.3) is 0 Å². The fraction of sp³-hybridized carbons (Fsp3) is 0.364. The summed E-state index contributed by atoms with van der Waals surface area (Å²) in [6, 6.07) is 15.4. The topological polar surface area (TPSA) is 57.6 Å². The monoisotopic (exact) mass is 367 g/mol. The van der Waals surface area contributed by atoms with E-state index in [0.29, 0.717) is 19.3 Å². The maximum absolute atomic E-state index is 13.5. The lowest BCUT2D eigenvalue weighted by atomic mass is 9.65. The van der Waals surface area contributed by atoms with Gasteiger partial charge in [-0.1, -0.05) is 42.5 Å². The van der Waals surface area contributed by atoms with Crippen LogP contribution in [0.1, 0.15) is 42.7 Å². The van der Waals surface area contributed by atoms with E-state index in [1.165, 1.54) is 17.0 Å². The number of ketones is 1. The van der Waals surface area contributed by atoms with Crippen LogP contribution in [0.15, 0.2) is 54.6 Å². The van der Waals surface area contributed by atoms with Gasteiger partial charge in [-0.05, 0) is 36.1 Å². The predicted octanol–water partition coefficient (Wildman–Crippen LogP) is 3.40. The predicted molar refractivity (Wildman–Crippen MR) is 98.0 cm³/mol. The summed E-state index contributed by atoms with van der Waals surface area (Å²) in [6.07, 6.45) is 0.809. The lowest BCUT2D eigenvalue weighted by molar-refractivity contribution is -0.169. The Morgan fingerprint density at radius 1 is 1.07 bits per heavy atom. The maximum Gasteiger partial charge on any atom is 0.239 e. The van der Waals surface area contributed by atoms with Gasteiger partial charge in [-0.3, -0.25) is 9.59 Å². The molecule has 0 unspecified atom stereocenters. The second-order valence-corrected chi connectivity index (χ2v) is 7.49. The Morgan fingerprint density at radius 2 is 1.78 bits per heavy atom. The highest BCUT2D eigenvalue weighted by molar-refractivity contribution is 6.09. The number of Topliss-reactive ketones (excluding diaryl/α,β-unsaturated/α-hetero) is 1. The molecule has 0 bridgehead atoms. The number of aliphatic hydroxyl groups excluding tert-OH is 1. The van der Waals surface area contributed by atoms with Gasteiger partial charge in [0.15, 0.2) is 0 Å². The van der Waals surface area contributed by atoms with Crippen LogP contribution in [0.2, 0.25) is 0 Å². The van der Waals surface area contributed by atoms with Crippen molar-refractivity contribution in [2.24, 2.45) is 5.41 Å². The minimum absolute atomic E-state index is 0.0632. The first-order chi connectivity index (χ1) is 13.0. The molecule has 2 aromatic carbocycles. The summed E-state index contributed by atoms with van der Waals surface area (Å²) >= 11 is 0. The lowest BCUT2D eigenvalue weighted by Gasteiger charge is -2.47. The summed E-state index contributed by atoms with van der Waals surface area (Å²) in [6.45, 7) is 0.270. The number of rotatable bonds is 3. The van der Waals surface area contributed by atoms with Crippen molar-refractivity contribution in [3.8, 4) is 0 Å². The molecule has 2 fully saturated rings. The van der Waals surface area contributed by atoms with Crippen molar-refractivity contribution in [3.63, 3.8) is 0 Å². The van der Waals surface area contributed by atoms with Gasteiger partial charge in [-0.25, -0.2) is 4.39 Å². The fourth-order valence-electron chi connectivity index (χ4n) is 4.64. The number of hydrogen-bond acceptors (Lipinski definition) is 3. The Morgan fingerprint density at radius 3 is 2.41 bits per heavy atom. The van der Waals surface area contributed by atoms with Gasteiger partial charge in [0.05, 0.1) is 0 Å². The molecule has 3 atom stereocenters. The average molecular weight is 367 g/mol. The van der Waals surface area contributed by atoms with Gasteiger partial charge in [-0.2, -0.15) is 0 Å². The van der Waals surface area contributed by atoms with Gasteiger partial charge < -0.3 is 10.0 Å². The minimum atomic E-state index is -1.15. The van der Waals surface area contributed by atoms with E-state index in [1.807, 2.05) is 30.3 Å². The summed E-state index contributed by atoms with van der Waals surface area (Å²) in [5.41, 5.74) is 0.496. The standard InChI is InChI=1S/C22H22FNO3/c23-17-10-8-16(9-11-17)18-13-20(26)24(14-15-5-2-1-3-6-15)21(27)22(18)12-4-7-19(22)25/h1-3,5-6,8-11,18,20,26H,4,7,12-14H2/t18-,20-,22+/m1/s1. The molecule has 140 valence electrons. The molecule has 1 N–H and O–H groups in total. The van der Waals surface area contributed by atoms with E-state index in [9.17, 15) is 19.1 Å². The number of halogens is 1. The highest BCUT2D eigenvalue weighted by atomic mass is 19.1. The van der Waals surface area contributed by atoms with Crippen LogP contribution in [0.4, 0.5) is 4.39 Å². The average Bonchev–Trinajstić information content (AvgIpc) is 3.06. The summed E-state index contributed by atoms with van der Waals surface area (Å²) in [4.78, 5) is 27.8. The first kappa shape index (κ1) is 17.9. The molecule has 4 nitrogen and oxygen atoms in total. The number of piperidine rings is 1. The van der Waals surface area contributed by atoms with Crippen LogP contribution in [-0.2, 0) is 16.1 Å². The third-order valence-electron chi connectivity index (χ3n) is 5.98. The number of hydrogen-bond donors (Lipinski definition) is 1. The number of carbonyl (C=O) groups excluding carboxylic acids is 2. The highest BCUT2D eigenvalue weighted by Crippen LogP contribution is 2.53. The van der Waals surface area contributed by atoms with Gasteiger partial charge >= 0.3 is 0 Å². The molecule has 2 aromatic rings. The van der Waals surface area contributed by atoms with Crippen molar-refractivity contribution >= 4 is 11.7 Å². The molecule has 4 rings (SSSR count). The first-order valence-corrected chi connectivity index (χ1v) is 9.34. The van der Waals surface area contributed by atoms with Gasteiger partial charge in [0, 0.05) is 25.3 Å². The van der Waals surface area contributed by atoms with Crippen molar-refractivity contribution in [3.05, 3.63) is 71.5 Å². The van der Waals surface area contributed by atoms with Crippen molar-refractivity contribution in [1.82, 2.24) is 4.90 Å². The van der Waals surface area contributed by atoms with E-state index in [2.05, 4.69) is 0 Å². The van der Waals surface area contributed by atoms with Crippen molar-refractivity contribution < 1.29 is 19.1 Å². The molecule has 2 aliphatic rings. The van der Waals surface area contributed by atoms with Crippen LogP contribution in [0.5, 0.6) is 0 Å². The molecule has 27 heavy (non-hydrogen) atoms. The third-order valence-corrected chi connectivity index (χ3v) is 5.98. The zero-order valence-corrected chi connectivity index (χ0v) is 15.0. The van der Waals surface area contributed by atoms with Crippen LogP contribution in [-0.4, -0.2) is 27.9 Å². The van der Waals surface area contributed by atoms with E-state index in [4.69, 9.17) is 0 Å². The smallest absolute Gasteiger partial charge is 0.239 e. The summed E-state index contributed by atoms with van der Waals surface area (Å²) < 4.78 is 13.4. The van der Waals surface area contributed by atoms with Crippen molar-refractivity contribution in [1.29, 1.82) is 0 Å². The molecule has 5 heteroatoms. The molecular weight excluding hydrogens is 345 g/mol. The first-order valence-electron chi connectivity index (χ1n) is 9.34. The van der Waals surface area contributed by atoms with Crippen LogP contribution in [0, 0.1) is 11.2 Å². The fourth-order valence-corrected chi connectivity index (χ4v) is 4.64. The highest BCUT2D eigenvalue weighted by Gasteiger charge is 2.59. The van der Waals surface area contributed by atoms with Gasteiger partial charge in [0.2, 0.25) is 5.91 Å². The summed E-state index contributed by atoms with van der Waals surface area (Å²) in [7, 11) is 0. The number of likely N-dealkylation sites (tertiary alicyclic amines) is 1. The van der Waals surface area contributed by atoms with Crippen molar-refractivity contribution in [2.45, 2.75) is 44.4 Å². The number of aliphatic hydroxyl groups is 1. The Balaban J connectivity index is 1.72. The molecule has 1 saturated carbocycles. The van der Waals surface area contributed by atoms with Crippen LogP contribution < -0.4 is 0 Å². The molecule has 1 aliphatic carbocycles. The van der Waals surface area contributed by atoms with E-state index in [-0.39, 0.29) is 30.5 Å². The van der Waals surface area contributed by atoms with Crippen LogP contribution >= 0.6 is 0 Å². The molecule has 1 spiro atoms. The molecule has 0 radical (unpaired) electrons. The van der Waals surface area contributed by atoms with E-state index < -0.39 is 17.6 Å². The lowest BCUT2D eigenvalue weighted by Crippen LogP contribution is -2.58. The van der Waals surface area contributed by atoms with E-state index in [0.717, 1.165) is 11.1 Å². The Bertz CT molecular complexity index is 852. The zero-order valence-electron chi connectivity index (χ0n) is 15.0. The Kier molecular flexibility index (Phi) is 4.56. The van der Waals surface area contributed by atoms with Crippen LogP contribution in [0.3, 0.4) is 0 Å². The molecule has 1 saturated heterocycles. The second-order valence-electron chi connectivity index (χ2n) is 7.49. The molecular formula is C22H22FNO3. The quantitative estimate of drug-likeness (QED) is 0.846. The Hall–Kier alpha value is -2.53. The normalized spacial score (nSPS) is 28.1. The maximum atomic E-state index is 13.5. The number of benzene rings is 2. The molecule has 1 aliphatic heterocycles. The SMILES string of the molecule is O=C1CCC[C@@]12C(=O)N(Cc1ccccc1)[C@H](O)C[C@@H]2c1ccc(F)cc1. The van der Waals surface area contributed by atoms with Gasteiger partial charge in [-0.15, -0.1) is 0 Å². The minimum Gasteiger partial charge on any atom is -0.373 e. The largest absolute Gasteiger partial charge is 0.373 e. The molecule has 0 aromatic heterocycles. The van der Waals surface area contributed by atoms with Crippen molar-refractivity contribution in [2.75, 3.05) is 0 Å². The van der Waals surface area contributed by atoms with Gasteiger partial charge in [0.1, 0.15) is 23.2 Å². The Labute approximate surface area is 157 Å². The summed E-state index contributed by atoms with van der Waals surface area (Å²) in [5.74, 6) is -1.16. The molecule has 1 heterocycles. The number of amides is 1. The number of nitrogens with zero attached hydrogens (tertiary/aromatic N) is 1. The second kappa shape index (κ2) is 6.89. The zero-order chi connectivity index (χ0) is 19.0. The third kappa shape index (κ3) is 2.96. The number of carbonyl (C=O) groups is 2. The summed E-state index contributed by atoms with van der Waals surface area (Å²) in [5, 5.41) is 10.7.